The highest BCUT2D eigenvalue weighted by atomic mass is 35.5. The molecule has 0 aromatic heterocycles. The summed E-state index contributed by atoms with van der Waals surface area (Å²) >= 11 is 6.18. The van der Waals surface area contributed by atoms with Crippen molar-refractivity contribution in [2.75, 3.05) is 0 Å². The second-order valence-electron chi connectivity index (χ2n) is 6.18. The molecule has 6 heteroatoms. The molecule has 0 radical (unpaired) electrons. The van der Waals surface area contributed by atoms with Gasteiger partial charge in [-0.2, -0.15) is 13.2 Å². The largest absolute Gasteiger partial charge is 0.416 e. The minimum atomic E-state index is -4.43. The van der Waals surface area contributed by atoms with Gasteiger partial charge in [0.2, 0.25) is 0 Å². The molecular weight excluding hydrogens is 339 g/mol. The summed E-state index contributed by atoms with van der Waals surface area (Å²) in [5.74, 6) is 0. The Morgan fingerprint density at radius 2 is 1.71 bits per heavy atom. The molecule has 2 rings (SSSR count). The van der Waals surface area contributed by atoms with Crippen LogP contribution in [-0.2, 0) is 18.0 Å². The molecule has 0 fully saturated rings. The van der Waals surface area contributed by atoms with Crippen LogP contribution in [0.1, 0.15) is 30.0 Å². The van der Waals surface area contributed by atoms with Gasteiger partial charge in [0.25, 0.3) is 0 Å². The number of halogens is 4. The van der Waals surface area contributed by atoms with Gasteiger partial charge in [0, 0.05) is 10.4 Å². The summed E-state index contributed by atoms with van der Waals surface area (Å²) in [6, 6.07) is 12.3. The van der Waals surface area contributed by atoms with Crippen LogP contribution in [-0.4, -0.2) is 11.3 Å². The fourth-order valence-corrected chi connectivity index (χ4v) is 3.09. The van der Waals surface area contributed by atoms with Gasteiger partial charge in [-0.15, -0.1) is 0 Å². The summed E-state index contributed by atoms with van der Waals surface area (Å²) in [7, 11) is 0. The summed E-state index contributed by atoms with van der Waals surface area (Å²) in [4.78, 5) is 0. The van der Waals surface area contributed by atoms with Crippen LogP contribution < -0.4 is 5.73 Å². The predicted molar refractivity (Wildman–Crippen MR) is 88.8 cm³/mol. The third-order valence-electron chi connectivity index (χ3n) is 4.08. The van der Waals surface area contributed by atoms with Gasteiger partial charge in [0.05, 0.1) is 5.56 Å². The first-order valence-electron chi connectivity index (χ1n) is 7.47. The maximum absolute atomic E-state index is 13.0. The lowest BCUT2D eigenvalue weighted by Crippen LogP contribution is -2.34. The zero-order valence-corrected chi connectivity index (χ0v) is 13.9. The van der Waals surface area contributed by atoms with Crippen molar-refractivity contribution < 1.29 is 18.3 Å². The van der Waals surface area contributed by atoms with Crippen molar-refractivity contribution in [1.82, 2.24) is 0 Å². The Hall–Kier alpha value is -1.56. The molecule has 0 saturated carbocycles. The van der Waals surface area contributed by atoms with Gasteiger partial charge >= 0.3 is 6.18 Å². The van der Waals surface area contributed by atoms with Crippen LogP contribution in [0.2, 0.25) is 5.02 Å². The lowest BCUT2D eigenvalue weighted by Gasteiger charge is -2.32. The van der Waals surface area contributed by atoms with Gasteiger partial charge < -0.3 is 10.8 Å². The molecule has 0 saturated heterocycles. The molecule has 1 unspecified atom stereocenters. The summed E-state index contributed by atoms with van der Waals surface area (Å²) in [6.07, 6.45) is -5.10. The molecule has 0 spiro atoms. The van der Waals surface area contributed by atoms with E-state index in [0.717, 1.165) is 17.7 Å². The van der Waals surface area contributed by atoms with Gasteiger partial charge in [-0.05, 0) is 36.1 Å². The molecule has 0 heterocycles. The zero-order chi connectivity index (χ0) is 18.0. The average Bonchev–Trinajstić information content (AvgIpc) is 2.48. The fraction of sp³-hybridized carbons (Fsp3) is 0.333. The van der Waals surface area contributed by atoms with Crippen LogP contribution >= 0.6 is 11.6 Å². The lowest BCUT2D eigenvalue weighted by molar-refractivity contribution is -0.137. The third-order valence-corrected chi connectivity index (χ3v) is 4.45. The molecule has 0 aliphatic heterocycles. The molecular formula is C18H19ClF3NO. The van der Waals surface area contributed by atoms with Crippen molar-refractivity contribution in [3.63, 3.8) is 0 Å². The number of hydrogen-bond acceptors (Lipinski definition) is 2. The van der Waals surface area contributed by atoms with Crippen molar-refractivity contribution >= 4 is 11.6 Å². The quantitative estimate of drug-likeness (QED) is 0.772. The van der Waals surface area contributed by atoms with E-state index in [4.69, 9.17) is 17.3 Å². The van der Waals surface area contributed by atoms with Crippen LogP contribution in [0.4, 0.5) is 13.2 Å². The number of rotatable bonds is 5. The summed E-state index contributed by atoms with van der Waals surface area (Å²) < 4.78 is 39.0. The number of nitrogens with two attached hydrogens (primary N) is 1. The minimum Gasteiger partial charge on any atom is -0.379 e. The van der Waals surface area contributed by atoms with E-state index in [1.807, 2.05) is 12.1 Å². The van der Waals surface area contributed by atoms with Crippen molar-refractivity contribution in [3.8, 4) is 0 Å². The maximum atomic E-state index is 13.0. The Morgan fingerprint density at radius 3 is 2.29 bits per heavy atom. The first-order chi connectivity index (χ1) is 11.1. The van der Waals surface area contributed by atoms with Crippen LogP contribution in [0.25, 0.3) is 0 Å². The predicted octanol–water partition coefficient (Wildman–Crippen LogP) is 4.53. The van der Waals surface area contributed by atoms with Crippen LogP contribution in [0, 0.1) is 0 Å². The van der Waals surface area contributed by atoms with Crippen molar-refractivity contribution in [2.24, 2.45) is 5.73 Å². The van der Waals surface area contributed by atoms with Gasteiger partial charge in [0.1, 0.15) is 6.23 Å². The van der Waals surface area contributed by atoms with E-state index in [1.165, 1.54) is 6.07 Å². The van der Waals surface area contributed by atoms with E-state index >= 15 is 0 Å². The molecule has 2 atom stereocenters. The molecule has 2 aromatic carbocycles. The normalized spacial score (nSPS) is 15.8. The van der Waals surface area contributed by atoms with Crippen LogP contribution in [0.5, 0.6) is 0 Å². The molecule has 0 bridgehead atoms. The highest BCUT2D eigenvalue weighted by molar-refractivity contribution is 6.31. The monoisotopic (exact) mass is 357 g/mol. The van der Waals surface area contributed by atoms with Crippen molar-refractivity contribution in [2.45, 2.75) is 37.6 Å². The van der Waals surface area contributed by atoms with Crippen molar-refractivity contribution in [1.29, 1.82) is 0 Å². The van der Waals surface area contributed by atoms with E-state index in [-0.39, 0.29) is 6.42 Å². The second kappa shape index (κ2) is 7.13. The molecule has 24 heavy (non-hydrogen) atoms. The van der Waals surface area contributed by atoms with Crippen LogP contribution in [0.15, 0.2) is 48.5 Å². The Labute approximate surface area is 144 Å². The standard InChI is InChI=1S/C18H19ClF3NO/c1-17(11-16(23)24,10-12-5-2-3-8-15(12)19)13-6-4-7-14(9-13)18(20,21)22/h2-9,16,24H,10-11,23H2,1H3/t16-,17?/m1/s1. The lowest BCUT2D eigenvalue weighted by atomic mass is 9.74. The summed E-state index contributed by atoms with van der Waals surface area (Å²) in [5, 5.41) is 10.2. The number of hydrogen-bond donors (Lipinski definition) is 2. The molecule has 2 nitrogen and oxygen atoms in total. The van der Waals surface area contributed by atoms with Gasteiger partial charge in [0.15, 0.2) is 0 Å². The maximum Gasteiger partial charge on any atom is 0.416 e. The van der Waals surface area contributed by atoms with Gasteiger partial charge in [-0.25, -0.2) is 0 Å². The van der Waals surface area contributed by atoms with E-state index < -0.39 is 23.4 Å². The highest BCUT2D eigenvalue weighted by Crippen LogP contribution is 2.37. The van der Waals surface area contributed by atoms with Gasteiger partial charge in [-0.1, -0.05) is 54.9 Å². The molecule has 3 N–H and O–H groups in total. The van der Waals surface area contributed by atoms with Crippen LogP contribution in [0.3, 0.4) is 0 Å². The van der Waals surface area contributed by atoms with Gasteiger partial charge in [-0.3, -0.25) is 0 Å². The Kier molecular flexibility index (Phi) is 5.58. The van der Waals surface area contributed by atoms with E-state index in [0.29, 0.717) is 17.0 Å². The number of benzene rings is 2. The molecule has 0 amide bonds. The fourth-order valence-electron chi connectivity index (χ4n) is 2.89. The molecule has 2 aromatic rings. The zero-order valence-electron chi connectivity index (χ0n) is 13.1. The van der Waals surface area contributed by atoms with E-state index in [9.17, 15) is 18.3 Å². The minimum absolute atomic E-state index is 0.111. The first-order valence-corrected chi connectivity index (χ1v) is 7.84. The Bertz CT molecular complexity index is 703. The average molecular weight is 358 g/mol. The Morgan fingerprint density at radius 1 is 1.08 bits per heavy atom. The smallest absolute Gasteiger partial charge is 0.379 e. The third kappa shape index (κ3) is 4.50. The molecule has 0 aliphatic carbocycles. The Balaban J connectivity index is 2.46. The number of aliphatic hydroxyl groups is 1. The van der Waals surface area contributed by atoms with Crippen molar-refractivity contribution in [3.05, 3.63) is 70.2 Å². The van der Waals surface area contributed by atoms with E-state index in [1.54, 1.807) is 25.1 Å². The molecule has 0 aliphatic rings. The number of alkyl halides is 3. The number of aliphatic hydroxyl groups excluding tert-OH is 1. The summed E-state index contributed by atoms with van der Waals surface area (Å²) in [5.41, 5.74) is 5.27. The summed E-state index contributed by atoms with van der Waals surface area (Å²) in [6.45, 7) is 1.78. The second-order valence-corrected chi connectivity index (χ2v) is 6.59. The highest BCUT2D eigenvalue weighted by Gasteiger charge is 2.34. The molecule has 130 valence electrons. The van der Waals surface area contributed by atoms with E-state index in [2.05, 4.69) is 0 Å². The SMILES string of the molecule is CC(Cc1ccccc1Cl)(C[C@H](N)O)c1cccc(C(F)(F)F)c1. The first kappa shape index (κ1) is 18.8. The topological polar surface area (TPSA) is 46.2 Å².